The van der Waals surface area contributed by atoms with Crippen LogP contribution in [0.2, 0.25) is 5.31 Å². The molecule has 0 amide bonds. The van der Waals surface area contributed by atoms with Crippen molar-refractivity contribution in [3.8, 4) is 0 Å². The van der Waals surface area contributed by atoms with E-state index in [0.29, 0.717) is 21.6 Å². The predicted octanol–water partition coefficient (Wildman–Crippen LogP) is 4.31. The average molecular weight is 234 g/mol. The van der Waals surface area contributed by atoms with Gasteiger partial charge in [-0.2, -0.15) is 0 Å². The molecule has 2 rings (SSSR count). The molecule has 0 aliphatic heterocycles. The highest BCUT2D eigenvalue weighted by molar-refractivity contribution is 6.15. The lowest BCUT2D eigenvalue weighted by Gasteiger charge is -2.53. The van der Waals surface area contributed by atoms with Crippen LogP contribution >= 0.6 is 0 Å². The Morgan fingerprint density at radius 1 is 1.06 bits per heavy atom. The van der Waals surface area contributed by atoms with Crippen molar-refractivity contribution in [2.45, 2.75) is 73.0 Å². The minimum atomic E-state index is 0.404. The van der Waals surface area contributed by atoms with Crippen LogP contribution in [0.1, 0.15) is 67.7 Å². The molecule has 2 bridgehead atoms. The molecule has 0 aromatic carbocycles. The first-order valence-electron chi connectivity index (χ1n) is 7.44. The fourth-order valence-electron chi connectivity index (χ4n) is 4.82. The molecule has 2 aliphatic rings. The third-order valence-corrected chi connectivity index (χ3v) is 7.60. The SMILES string of the molecule is BC(C)(C1CC2CCC1(C)C2(C)C)C(C)(C)C. The first kappa shape index (κ1) is 13.5. The maximum Gasteiger partial charge on any atom is 0.110 e. The quantitative estimate of drug-likeness (QED) is 0.593. The van der Waals surface area contributed by atoms with Crippen LogP contribution in [0.25, 0.3) is 0 Å². The molecule has 4 atom stereocenters. The Morgan fingerprint density at radius 2 is 1.59 bits per heavy atom. The zero-order chi connectivity index (χ0) is 13.3. The normalized spacial score (nSPS) is 43.7. The second-order valence-electron chi connectivity index (χ2n) is 9.13. The molecule has 0 aromatic rings. The summed E-state index contributed by atoms with van der Waals surface area (Å²) in [4.78, 5) is 0. The molecule has 2 aliphatic carbocycles. The largest absolute Gasteiger partial charge is 0.110 e. The van der Waals surface area contributed by atoms with E-state index in [2.05, 4.69) is 56.3 Å². The Kier molecular flexibility index (Phi) is 2.65. The summed E-state index contributed by atoms with van der Waals surface area (Å²) in [5.74, 6) is 1.86. The summed E-state index contributed by atoms with van der Waals surface area (Å²) in [6, 6.07) is 0. The molecule has 0 radical (unpaired) electrons. The first-order chi connectivity index (χ1) is 7.44. The monoisotopic (exact) mass is 234 g/mol. The molecule has 2 fully saturated rings. The molecule has 2 saturated carbocycles. The minimum absolute atomic E-state index is 0.404. The van der Waals surface area contributed by atoms with Crippen molar-refractivity contribution in [1.29, 1.82) is 0 Å². The maximum atomic E-state index is 2.58. The van der Waals surface area contributed by atoms with Gasteiger partial charge in [-0.05, 0) is 47.3 Å². The van der Waals surface area contributed by atoms with Gasteiger partial charge in [-0.1, -0.05) is 53.8 Å². The summed E-state index contributed by atoms with van der Waals surface area (Å²) >= 11 is 0. The lowest BCUT2D eigenvalue weighted by Crippen LogP contribution is -2.43. The van der Waals surface area contributed by atoms with E-state index in [1.54, 1.807) is 0 Å². The zero-order valence-electron chi connectivity index (χ0n) is 13.3. The number of rotatable bonds is 1. The molecule has 1 heteroatoms. The van der Waals surface area contributed by atoms with E-state index >= 15 is 0 Å². The molecular weight excluding hydrogens is 203 g/mol. The fraction of sp³-hybridized carbons (Fsp3) is 1.00. The van der Waals surface area contributed by atoms with Gasteiger partial charge in [-0.15, -0.1) is 0 Å². The molecule has 0 heterocycles. The average Bonchev–Trinajstić information content (AvgIpc) is 2.46. The van der Waals surface area contributed by atoms with Gasteiger partial charge in [-0.25, -0.2) is 0 Å². The van der Waals surface area contributed by atoms with Crippen molar-refractivity contribution in [2.24, 2.45) is 28.1 Å². The van der Waals surface area contributed by atoms with Crippen LogP contribution in [0.5, 0.6) is 0 Å². The van der Waals surface area contributed by atoms with Gasteiger partial charge >= 0.3 is 0 Å². The Labute approximate surface area is 109 Å². The number of hydrogen-bond donors (Lipinski definition) is 0. The van der Waals surface area contributed by atoms with E-state index in [0.717, 1.165) is 11.8 Å². The Bertz CT molecular complexity index is 321. The predicted molar refractivity (Wildman–Crippen MR) is 79.1 cm³/mol. The van der Waals surface area contributed by atoms with Crippen LogP contribution < -0.4 is 0 Å². The van der Waals surface area contributed by atoms with Crippen LogP contribution in [0.4, 0.5) is 0 Å². The van der Waals surface area contributed by atoms with Crippen LogP contribution in [-0.2, 0) is 0 Å². The second kappa shape index (κ2) is 3.33. The first-order valence-corrected chi connectivity index (χ1v) is 7.44. The van der Waals surface area contributed by atoms with Crippen molar-refractivity contribution in [3.63, 3.8) is 0 Å². The summed E-state index contributed by atoms with van der Waals surface area (Å²) in [6.07, 6.45) is 4.39. The molecular formula is C16H31B. The fourth-order valence-corrected chi connectivity index (χ4v) is 4.82. The summed E-state index contributed by atoms with van der Waals surface area (Å²) in [5, 5.41) is 0.439. The zero-order valence-corrected chi connectivity index (χ0v) is 13.3. The Balaban J connectivity index is 2.39. The molecule has 4 unspecified atom stereocenters. The highest BCUT2D eigenvalue weighted by Gasteiger charge is 2.65. The van der Waals surface area contributed by atoms with Crippen LogP contribution in [0, 0.1) is 28.1 Å². The summed E-state index contributed by atoms with van der Waals surface area (Å²) in [6.45, 7) is 17.4. The van der Waals surface area contributed by atoms with E-state index in [4.69, 9.17) is 0 Å². The van der Waals surface area contributed by atoms with E-state index in [1.165, 1.54) is 19.3 Å². The summed E-state index contributed by atoms with van der Waals surface area (Å²) in [7, 11) is 2.51. The molecule has 0 nitrogen and oxygen atoms in total. The lowest BCUT2D eigenvalue weighted by molar-refractivity contribution is 0.0419. The molecule has 98 valence electrons. The maximum absolute atomic E-state index is 2.58. The molecule has 0 aromatic heterocycles. The van der Waals surface area contributed by atoms with Gasteiger partial charge in [0.2, 0.25) is 0 Å². The van der Waals surface area contributed by atoms with Gasteiger partial charge in [0.1, 0.15) is 7.85 Å². The van der Waals surface area contributed by atoms with E-state index in [-0.39, 0.29) is 0 Å². The third-order valence-electron chi connectivity index (χ3n) is 7.60. The molecule has 0 N–H and O–H groups in total. The smallest absolute Gasteiger partial charge is 0.0662 e. The van der Waals surface area contributed by atoms with E-state index < -0.39 is 0 Å². The topological polar surface area (TPSA) is 0 Å². The van der Waals surface area contributed by atoms with Crippen LogP contribution in [0.15, 0.2) is 0 Å². The second-order valence-corrected chi connectivity index (χ2v) is 9.13. The van der Waals surface area contributed by atoms with E-state index in [9.17, 15) is 0 Å². The molecule has 0 saturated heterocycles. The Morgan fingerprint density at radius 3 is 1.88 bits per heavy atom. The van der Waals surface area contributed by atoms with Gasteiger partial charge in [0.25, 0.3) is 0 Å². The third kappa shape index (κ3) is 1.50. The summed E-state index contributed by atoms with van der Waals surface area (Å²) < 4.78 is 0. The van der Waals surface area contributed by atoms with E-state index in [1.807, 2.05) is 0 Å². The minimum Gasteiger partial charge on any atom is -0.0662 e. The summed E-state index contributed by atoms with van der Waals surface area (Å²) in [5.41, 5.74) is 1.52. The van der Waals surface area contributed by atoms with Crippen LogP contribution in [0.3, 0.4) is 0 Å². The number of hydrogen-bond acceptors (Lipinski definition) is 0. The number of fused-ring (bicyclic) bond motifs is 2. The lowest BCUT2D eigenvalue weighted by atomic mass is 9.44. The Hall–Kier alpha value is 0.0649. The molecule has 0 spiro atoms. The van der Waals surface area contributed by atoms with Gasteiger partial charge in [0, 0.05) is 0 Å². The van der Waals surface area contributed by atoms with Crippen molar-refractivity contribution in [1.82, 2.24) is 0 Å². The van der Waals surface area contributed by atoms with Crippen molar-refractivity contribution in [2.75, 3.05) is 0 Å². The van der Waals surface area contributed by atoms with Crippen molar-refractivity contribution >= 4 is 7.85 Å². The standard InChI is InChI=1S/C16H31B/c1-13(2,3)16(7,17)12-10-11-8-9-15(12,6)14(11,4)5/h11-12H,8-10,17H2,1-7H3. The van der Waals surface area contributed by atoms with Gasteiger partial charge < -0.3 is 0 Å². The van der Waals surface area contributed by atoms with Gasteiger partial charge in [0.05, 0.1) is 0 Å². The highest BCUT2D eigenvalue weighted by atomic mass is 14.7. The van der Waals surface area contributed by atoms with Crippen LogP contribution in [-0.4, -0.2) is 7.85 Å². The van der Waals surface area contributed by atoms with Gasteiger partial charge in [0.15, 0.2) is 0 Å². The van der Waals surface area contributed by atoms with Crippen molar-refractivity contribution < 1.29 is 0 Å². The van der Waals surface area contributed by atoms with Gasteiger partial charge in [-0.3, -0.25) is 0 Å². The van der Waals surface area contributed by atoms with Crippen molar-refractivity contribution in [3.05, 3.63) is 0 Å². The molecule has 17 heavy (non-hydrogen) atoms. The highest BCUT2D eigenvalue weighted by Crippen LogP contribution is 2.74.